The number of rotatable bonds is 7. The van der Waals surface area contributed by atoms with Crippen LogP contribution in [0.15, 0.2) is 53.5 Å². The Morgan fingerprint density at radius 2 is 2.14 bits per heavy atom. The average Bonchev–Trinajstić information content (AvgIpc) is 3.27. The van der Waals surface area contributed by atoms with Gasteiger partial charge in [-0.15, -0.1) is 17.9 Å². The number of amides is 2. The first-order chi connectivity index (χ1) is 14.0. The lowest BCUT2D eigenvalue weighted by atomic mass is 10.2. The second kappa shape index (κ2) is 9.48. The van der Waals surface area contributed by atoms with Gasteiger partial charge < -0.3 is 10.1 Å². The van der Waals surface area contributed by atoms with E-state index >= 15 is 0 Å². The van der Waals surface area contributed by atoms with Gasteiger partial charge in [0.1, 0.15) is 11.0 Å². The van der Waals surface area contributed by atoms with Gasteiger partial charge in [0, 0.05) is 37.2 Å². The largest absolute Gasteiger partial charge is 0.427 e. The minimum atomic E-state index is -0.575. The zero-order chi connectivity index (χ0) is 20.8. The van der Waals surface area contributed by atoms with E-state index in [-0.39, 0.29) is 18.2 Å². The lowest BCUT2D eigenvalue weighted by Gasteiger charge is -2.13. The molecule has 1 atom stereocenters. The average molecular weight is 431 g/mol. The van der Waals surface area contributed by atoms with Crippen molar-refractivity contribution in [1.82, 2.24) is 9.88 Å². The number of benzene rings is 1. The number of anilines is 1. The Balaban J connectivity index is 1.64. The number of aliphatic imine (C=N–C) groups is 1. The number of aromatic nitrogens is 1. The quantitative estimate of drug-likeness (QED) is 0.411. The molecule has 1 fully saturated rings. The standard InChI is InChI=1S/C19H18N4O4S2/c1-3-9-23-17(26)15(29-19(23)22-18-20-8-10-28-18)11-16(25)21-13-4-6-14(7-5-13)27-12(2)24/h3-8,10,15H,1,9,11H2,2H3,(H,21,25). The van der Waals surface area contributed by atoms with E-state index in [0.29, 0.717) is 28.3 Å². The molecule has 0 spiro atoms. The molecule has 2 aromatic rings. The van der Waals surface area contributed by atoms with Crippen molar-refractivity contribution in [2.24, 2.45) is 4.99 Å². The molecule has 29 heavy (non-hydrogen) atoms. The van der Waals surface area contributed by atoms with Crippen LogP contribution in [0.5, 0.6) is 5.75 Å². The number of amidine groups is 1. The van der Waals surface area contributed by atoms with Gasteiger partial charge in [-0.25, -0.2) is 4.98 Å². The summed E-state index contributed by atoms with van der Waals surface area (Å²) in [5.74, 6) is -0.520. The fraction of sp³-hybridized carbons (Fsp3) is 0.211. The summed E-state index contributed by atoms with van der Waals surface area (Å²) in [6, 6.07) is 6.41. The molecule has 0 saturated carbocycles. The third-order valence-electron chi connectivity index (χ3n) is 3.71. The van der Waals surface area contributed by atoms with Gasteiger partial charge in [0.2, 0.25) is 16.9 Å². The summed E-state index contributed by atoms with van der Waals surface area (Å²) in [5.41, 5.74) is 0.543. The number of esters is 1. The van der Waals surface area contributed by atoms with Crippen LogP contribution in [0.25, 0.3) is 0 Å². The molecular formula is C19H18N4O4S2. The Bertz CT molecular complexity index is 942. The molecule has 1 aromatic carbocycles. The Labute approximate surface area is 175 Å². The first-order valence-electron chi connectivity index (χ1n) is 8.61. The monoisotopic (exact) mass is 430 g/mol. The Morgan fingerprint density at radius 3 is 2.76 bits per heavy atom. The van der Waals surface area contributed by atoms with Crippen molar-refractivity contribution in [3.63, 3.8) is 0 Å². The molecule has 0 bridgehead atoms. The third kappa shape index (κ3) is 5.52. The van der Waals surface area contributed by atoms with Crippen LogP contribution in [-0.4, -0.2) is 44.6 Å². The van der Waals surface area contributed by atoms with Gasteiger partial charge in [-0.2, -0.15) is 4.99 Å². The maximum atomic E-state index is 12.7. The van der Waals surface area contributed by atoms with Crippen LogP contribution in [0.4, 0.5) is 10.8 Å². The number of nitrogens with one attached hydrogen (secondary N) is 1. The van der Waals surface area contributed by atoms with Crippen molar-refractivity contribution in [2.75, 3.05) is 11.9 Å². The van der Waals surface area contributed by atoms with Crippen LogP contribution in [0, 0.1) is 0 Å². The van der Waals surface area contributed by atoms with Gasteiger partial charge in [0.05, 0.1) is 0 Å². The van der Waals surface area contributed by atoms with Gasteiger partial charge in [0.25, 0.3) is 0 Å². The lowest BCUT2D eigenvalue weighted by molar-refractivity contribution is -0.132. The van der Waals surface area contributed by atoms with Crippen LogP contribution in [0.2, 0.25) is 0 Å². The summed E-state index contributed by atoms with van der Waals surface area (Å²) in [5, 5.41) is 5.03. The molecule has 10 heteroatoms. The predicted molar refractivity (Wildman–Crippen MR) is 113 cm³/mol. The summed E-state index contributed by atoms with van der Waals surface area (Å²) in [6.45, 7) is 5.30. The van der Waals surface area contributed by atoms with Crippen LogP contribution < -0.4 is 10.1 Å². The van der Waals surface area contributed by atoms with Crippen LogP contribution in [-0.2, 0) is 14.4 Å². The fourth-order valence-electron chi connectivity index (χ4n) is 2.53. The molecule has 2 heterocycles. The second-order valence-electron chi connectivity index (χ2n) is 5.92. The topological polar surface area (TPSA) is 101 Å². The van der Waals surface area contributed by atoms with Crippen molar-refractivity contribution in [3.05, 3.63) is 48.5 Å². The molecule has 1 unspecified atom stereocenters. The number of carbonyl (C=O) groups is 3. The van der Waals surface area contributed by atoms with E-state index in [1.54, 1.807) is 41.9 Å². The predicted octanol–water partition coefficient (Wildman–Crippen LogP) is 3.21. The normalized spacial score (nSPS) is 17.4. The fourth-order valence-corrected chi connectivity index (χ4v) is 4.24. The number of carbonyl (C=O) groups excluding carboxylic acids is 3. The maximum absolute atomic E-state index is 12.7. The highest BCUT2D eigenvalue weighted by atomic mass is 32.2. The molecular weight excluding hydrogens is 412 g/mol. The lowest BCUT2D eigenvalue weighted by Crippen LogP contribution is -2.33. The third-order valence-corrected chi connectivity index (χ3v) is 5.55. The van der Waals surface area contributed by atoms with Gasteiger partial charge in [0.15, 0.2) is 5.17 Å². The highest BCUT2D eigenvalue weighted by Gasteiger charge is 2.38. The summed E-state index contributed by atoms with van der Waals surface area (Å²) in [6.07, 6.45) is 3.25. The molecule has 1 aliphatic heterocycles. The van der Waals surface area contributed by atoms with Crippen molar-refractivity contribution >= 4 is 56.9 Å². The van der Waals surface area contributed by atoms with E-state index in [9.17, 15) is 14.4 Å². The van der Waals surface area contributed by atoms with Crippen molar-refractivity contribution < 1.29 is 19.1 Å². The van der Waals surface area contributed by atoms with Crippen LogP contribution in [0.3, 0.4) is 0 Å². The van der Waals surface area contributed by atoms with E-state index in [1.165, 1.54) is 34.9 Å². The highest BCUT2D eigenvalue weighted by molar-refractivity contribution is 8.15. The van der Waals surface area contributed by atoms with Crippen LogP contribution in [0.1, 0.15) is 13.3 Å². The number of thioether (sulfide) groups is 1. The molecule has 1 aromatic heterocycles. The molecule has 0 radical (unpaired) electrons. The summed E-state index contributed by atoms with van der Waals surface area (Å²) >= 11 is 2.61. The Hall–Kier alpha value is -2.98. The van der Waals surface area contributed by atoms with E-state index in [1.807, 2.05) is 0 Å². The molecule has 1 N–H and O–H groups in total. The van der Waals surface area contributed by atoms with E-state index < -0.39 is 11.2 Å². The van der Waals surface area contributed by atoms with Crippen LogP contribution >= 0.6 is 23.1 Å². The smallest absolute Gasteiger partial charge is 0.308 e. The molecule has 1 aliphatic rings. The van der Waals surface area contributed by atoms with Gasteiger partial charge >= 0.3 is 5.97 Å². The van der Waals surface area contributed by atoms with Gasteiger partial charge in [-0.05, 0) is 24.3 Å². The second-order valence-corrected chi connectivity index (χ2v) is 7.97. The Morgan fingerprint density at radius 1 is 1.38 bits per heavy atom. The SMILES string of the molecule is C=CCN1C(=O)C(CC(=O)Nc2ccc(OC(C)=O)cc2)SC1=Nc1nccs1. The molecule has 3 rings (SSSR count). The van der Waals surface area contributed by atoms with E-state index in [4.69, 9.17) is 4.74 Å². The zero-order valence-corrected chi connectivity index (χ0v) is 17.2. The van der Waals surface area contributed by atoms with E-state index in [0.717, 1.165) is 0 Å². The van der Waals surface area contributed by atoms with Crippen molar-refractivity contribution in [2.45, 2.75) is 18.6 Å². The number of thiazole rings is 1. The number of ether oxygens (including phenoxy) is 1. The summed E-state index contributed by atoms with van der Waals surface area (Å²) in [4.78, 5) is 46.1. The molecule has 8 nitrogen and oxygen atoms in total. The van der Waals surface area contributed by atoms with Crippen molar-refractivity contribution in [1.29, 1.82) is 0 Å². The number of hydrogen-bond acceptors (Lipinski definition) is 8. The van der Waals surface area contributed by atoms with Gasteiger partial charge in [-0.1, -0.05) is 17.8 Å². The molecule has 150 valence electrons. The van der Waals surface area contributed by atoms with Gasteiger partial charge in [-0.3, -0.25) is 19.3 Å². The minimum Gasteiger partial charge on any atom is -0.427 e. The van der Waals surface area contributed by atoms with E-state index in [2.05, 4.69) is 21.9 Å². The summed E-state index contributed by atoms with van der Waals surface area (Å²) in [7, 11) is 0. The highest BCUT2D eigenvalue weighted by Crippen LogP contribution is 2.32. The van der Waals surface area contributed by atoms with Crippen molar-refractivity contribution in [3.8, 4) is 5.75 Å². The minimum absolute atomic E-state index is 0.000269. The first kappa shape index (κ1) is 20.7. The summed E-state index contributed by atoms with van der Waals surface area (Å²) < 4.78 is 4.95. The Kier molecular flexibility index (Phi) is 6.78. The molecule has 1 saturated heterocycles. The molecule has 0 aliphatic carbocycles. The number of nitrogens with zero attached hydrogens (tertiary/aromatic N) is 3. The number of hydrogen-bond donors (Lipinski definition) is 1. The first-order valence-corrected chi connectivity index (χ1v) is 10.4. The zero-order valence-electron chi connectivity index (χ0n) is 15.5. The molecule has 2 amide bonds. The maximum Gasteiger partial charge on any atom is 0.308 e.